The van der Waals surface area contributed by atoms with Crippen LogP contribution in [0.4, 0.5) is 5.13 Å². The lowest BCUT2D eigenvalue weighted by molar-refractivity contribution is 0.408. The average Bonchev–Trinajstić information content (AvgIpc) is 3.00. The fourth-order valence-corrected chi connectivity index (χ4v) is 3.64. The van der Waals surface area contributed by atoms with E-state index in [4.69, 9.17) is 9.72 Å². The van der Waals surface area contributed by atoms with Crippen molar-refractivity contribution >= 4 is 16.5 Å². The highest BCUT2D eigenvalue weighted by Gasteiger charge is 2.19. The van der Waals surface area contributed by atoms with Gasteiger partial charge in [-0.25, -0.2) is 4.98 Å². The van der Waals surface area contributed by atoms with Crippen molar-refractivity contribution in [3.05, 3.63) is 47.7 Å². The molecular formula is C18H19N3OS. The number of thiazole rings is 1. The number of nitrogens with zero attached hydrogens (tertiary/aromatic N) is 2. The van der Waals surface area contributed by atoms with Gasteiger partial charge in [0.1, 0.15) is 5.75 Å². The molecule has 0 aliphatic rings. The molecule has 0 radical (unpaired) electrons. The first-order valence-corrected chi connectivity index (χ1v) is 8.22. The molecule has 0 aliphatic carbocycles. The highest BCUT2D eigenvalue weighted by Crippen LogP contribution is 2.41. The molecule has 0 bridgehead atoms. The molecule has 23 heavy (non-hydrogen) atoms. The number of benzene rings is 1. The van der Waals surface area contributed by atoms with Gasteiger partial charge in [0.15, 0.2) is 5.13 Å². The Hall–Kier alpha value is -2.40. The molecule has 1 aromatic carbocycles. The second-order valence-corrected chi connectivity index (χ2v) is 6.26. The molecule has 0 fully saturated rings. The topological polar surface area (TPSA) is 47.0 Å². The van der Waals surface area contributed by atoms with Gasteiger partial charge in [-0.15, -0.1) is 0 Å². The van der Waals surface area contributed by atoms with Gasteiger partial charge in [-0.05, 0) is 13.8 Å². The van der Waals surface area contributed by atoms with Gasteiger partial charge in [0.05, 0.1) is 23.4 Å². The van der Waals surface area contributed by atoms with Crippen molar-refractivity contribution in [1.82, 2.24) is 9.97 Å². The van der Waals surface area contributed by atoms with Crippen molar-refractivity contribution in [3.8, 4) is 27.6 Å². The van der Waals surface area contributed by atoms with Gasteiger partial charge >= 0.3 is 0 Å². The maximum absolute atomic E-state index is 5.55. The number of hydrogen-bond donors (Lipinski definition) is 1. The van der Waals surface area contributed by atoms with E-state index in [1.165, 1.54) is 0 Å². The summed E-state index contributed by atoms with van der Waals surface area (Å²) in [7, 11) is 3.58. The van der Waals surface area contributed by atoms with Crippen LogP contribution in [0.3, 0.4) is 0 Å². The highest BCUT2D eigenvalue weighted by atomic mass is 32.1. The molecule has 0 atom stereocenters. The summed E-state index contributed by atoms with van der Waals surface area (Å²) in [5, 5.41) is 4.01. The maximum Gasteiger partial charge on any atom is 0.183 e. The summed E-state index contributed by atoms with van der Waals surface area (Å²) in [6.07, 6.45) is 1.86. The molecule has 4 nitrogen and oxygen atoms in total. The molecule has 3 aromatic rings. The van der Waals surface area contributed by atoms with Gasteiger partial charge in [0.2, 0.25) is 0 Å². The fraction of sp³-hybridized carbons (Fsp3) is 0.222. The summed E-state index contributed by atoms with van der Waals surface area (Å²) < 4.78 is 5.55. The number of nitrogens with one attached hydrogen (secondary N) is 1. The molecule has 3 rings (SSSR count). The number of aryl methyl sites for hydroxylation is 1. The normalized spacial score (nSPS) is 10.6. The Morgan fingerprint density at radius 1 is 1.09 bits per heavy atom. The lowest BCUT2D eigenvalue weighted by Crippen LogP contribution is -1.96. The van der Waals surface area contributed by atoms with Gasteiger partial charge in [0, 0.05) is 29.9 Å². The molecule has 2 aromatic heterocycles. The summed E-state index contributed by atoms with van der Waals surface area (Å²) in [5.41, 5.74) is 5.03. The van der Waals surface area contributed by atoms with Crippen molar-refractivity contribution in [1.29, 1.82) is 0 Å². The van der Waals surface area contributed by atoms with Crippen LogP contribution in [0.25, 0.3) is 21.8 Å². The van der Waals surface area contributed by atoms with E-state index in [1.807, 2.05) is 45.3 Å². The second-order valence-electron chi connectivity index (χ2n) is 5.26. The quantitative estimate of drug-likeness (QED) is 0.765. The molecule has 0 saturated heterocycles. The van der Waals surface area contributed by atoms with Crippen LogP contribution < -0.4 is 10.1 Å². The van der Waals surface area contributed by atoms with Crippen LogP contribution in [0.2, 0.25) is 0 Å². The smallest absolute Gasteiger partial charge is 0.183 e. The number of methoxy groups -OCH3 is 1. The minimum absolute atomic E-state index is 0.875. The average molecular weight is 325 g/mol. The van der Waals surface area contributed by atoms with Gasteiger partial charge in [0.25, 0.3) is 0 Å². The molecular weight excluding hydrogens is 306 g/mol. The zero-order valence-corrected chi connectivity index (χ0v) is 14.5. The second kappa shape index (κ2) is 6.38. The van der Waals surface area contributed by atoms with Crippen molar-refractivity contribution in [3.63, 3.8) is 0 Å². The van der Waals surface area contributed by atoms with E-state index in [9.17, 15) is 0 Å². The molecule has 2 heterocycles. The van der Waals surface area contributed by atoms with Crippen LogP contribution in [-0.2, 0) is 0 Å². The number of pyridine rings is 1. The molecule has 0 spiro atoms. The molecule has 0 unspecified atom stereocenters. The summed E-state index contributed by atoms with van der Waals surface area (Å²) >= 11 is 1.61. The lowest BCUT2D eigenvalue weighted by atomic mass is 10.1. The Kier molecular flexibility index (Phi) is 4.30. The van der Waals surface area contributed by atoms with Gasteiger partial charge in [-0.1, -0.05) is 41.7 Å². The van der Waals surface area contributed by atoms with Crippen LogP contribution in [0.5, 0.6) is 5.75 Å². The number of aromatic nitrogens is 2. The van der Waals surface area contributed by atoms with E-state index in [2.05, 4.69) is 22.4 Å². The molecule has 1 N–H and O–H groups in total. The minimum Gasteiger partial charge on any atom is -0.496 e. The fourth-order valence-electron chi connectivity index (χ4n) is 2.64. The van der Waals surface area contributed by atoms with E-state index in [1.54, 1.807) is 18.4 Å². The Bertz CT molecular complexity index is 828. The maximum atomic E-state index is 5.55. The van der Waals surface area contributed by atoms with Crippen molar-refractivity contribution in [2.45, 2.75) is 13.8 Å². The number of rotatable bonds is 4. The number of ether oxygens (including phenoxy) is 1. The molecule has 5 heteroatoms. The third-order valence-corrected chi connectivity index (χ3v) is 4.83. The predicted octanol–water partition coefficient (Wildman–Crippen LogP) is 4.54. The lowest BCUT2D eigenvalue weighted by Gasteiger charge is -2.12. The zero-order chi connectivity index (χ0) is 16.4. The first-order valence-electron chi connectivity index (χ1n) is 7.40. The molecule has 0 aliphatic heterocycles. The summed E-state index contributed by atoms with van der Waals surface area (Å²) in [4.78, 5) is 10.4. The monoisotopic (exact) mass is 325 g/mol. The highest BCUT2D eigenvalue weighted by molar-refractivity contribution is 7.19. The van der Waals surface area contributed by atoms with Crippen LogP contribution in [0.1, 0.15) is 11.1 Å². The van der Waals surface area contributed by atoms with Gasteiger partial charge in [-0.3, -0.25) is 4.98 Å². The van der Waals surface area contributed by atoms with E-state index < -0.39 is 0 Å². The Morgan fingerprint density at radius 3 is 2.48 bits per heavy atom. The third kappa shape index (κ3) is 2.80. The summed E-state index contributed by atoms with van der Waals surface area (Å²) in [6.45, 7) is 4.05. The molecule has 0 saturated carbocycles. The van der Waals surface area contributed by atoms with Crippen LogP contribution in [0.15, 0.2) is 36.5 Å². The largest absolute Gasteiger partial charge is 0.496 e. The van der Waals surface area contributed by atoms with Crippen molar-refractivity contribution in [2.24, 2.45) is 0 Å². The first-order chi connectivity index (χ1) is 11.2. The third-order valence-electron chi connectivity index (χ3n) is 3.75. The van der Waals surface area contributed by atoms with Crippen molar-refractivity contribution in [2.75, 3.05) is 19.5 Å². The number of anilines is 1. The van der Waals surface area contributed by atoms with Crippen LogP contribution >= 0.6 is 11.3 Å². The van der Waals surface area contributed by atoms with Crippen LogP contribution in [0, 0.1) is 13.8 Å². The molecule has 118 valence electrons. The van der Waals surface area contributed by atoms with E-state index >= 15 is 0 Å². The Balaban J connectivity index is 2.23. The predicted molar refractivity (Wildman–Crippen MR) is 96.4 cm³/mol. The van der Waals surface area contributed by atoms with E-state index in [-0.39, 0.29) is 0 Å². The van der Waals surface area contributed by atoms with Gasteiger partial charge in [-0.2, -0.15) is 0 Å². The van der Waals surface area contributed by atoms with Crippen LogP contribution in [-0.4, -0.2) is 24.1 Å². The first kappa shape index (κ1) is 15.5. The Morgan fingerprint density at radius 2 is 1.83 bits per heavy atom. The minimum atomic E-state index is 0.875. The van der Waals surface area contributed by atoms with E-state index in [0.717, 1.165) is 43.8 Å². The summed E-state index contributed by atoms with van der Waals surface area (Å²) in [5.74, 6) is 0.883. The summed E-state index contributed by atoms with van der Waals surface area (Å²) in [6, 6.07) is 10.2. The Labute approximate surface area is 140 Å². The molecule has 0 amide bonds. The number of hydrogen-bond acceptors (Lipinski definition) is 5. The van der Waals surface area contributed by atoms with Gasteiger partial charge < -0.3 is 10.1 Å². The standard InChI is InChI=1S/C18H19N3OS/c1-11-10-20-14(12(2)16(11)22-4)17-15(21-18(19-3)23-17)13-8-6-5-7-9-13/h5-10H,1-4H3,(H,19,21). The van der Waals surface area contributed by atoms with Crippen molar-refractivity contribution < 1.29 is 4.74 Å². The zero-order valence-electron chi connectivity index (χ0n) is 13.7. The SMILES string of the molecule is CNc1nc(-c2ccccc2)c(-c2ncc(C)c(OC)c2C)s1. The van der Waals surface area contributed by atoms with E-state index in [0.29, 0.717) is 0 Å².